The number of anilines is 2. The minimum atomic E-state index is -0.819. The monoisotopic (exact) mass is 215 g/mol. The van der Waals surface area contributed by atoms with Crippen LogP contribution in [0, 0.1) is 11.6 Å². The number of rotatable bonds is 4. The Hall–Kier alpha value is -1.39. The van der Waals surface area contributed by atoms with E-state index in [1.54, 1.807) is 11.9 Å². The van der Waals surface area contributed by atoms with E-state index < -0.39 is 11.6 Å². The zero-order valence-electron chi connectivity index (χ0n) is 8.93. The fourth-order valence-corrected chi connectivity index (χ4v) is 1.24. The topological polar surface area (TPSA) is 42.2 Å². The minimum absolute atomic E-state index is 0.0994. The summed E-state index contributed by atoms with van der Waals surface area (Å²) in [5, 5.41) is 0. The molecule has 15 heavy (non-hydrogen) atoms. The highest BCUT2D eigenvalue weighted by molar-refractivity contribution is 5.46. The van der Waals surface area contributed by atoms with Gasteiger partial charge in [0.2, 0.25) is 0 Å². The second-order valence-corrected chi connectivity index (χ2v) is 3.44. The molecule has 5 heteroatoms. The number of unbranched alkanes of at least 4 members (excludes halogenated alkanes) is 1. The summed E-state index contributed by atoms with van der Waals surface area (Å²) in [5.74, 6) is -1.67. The predicted octanol–water partition coefficient (Wildman–Crippen LogP) is 2.18. The van der Waals surface area contributed by atoms with Crippen LogP contribution >= 0.6 is 0 Å². The lowest BCUT2D eigenvalue weighted by molar-refractivity contribution is 0.572. The van der Waals surface area contributed by atoms with E-state index in [0.717, 1.165) is 18.9 Å². The lowest BCUT2D eigenvalue weighted by Crippen LogP contribution is -2.21. The standard InChI is InChI=1S/C10H15F2N3/c1-3-4-5-15(2)10-8(12)6-7(11)9(13)14-10/h6H,3-5H2,1-2H3,(H2,13,14). The number of nitrogen functional groups attached to an aromatic ring is 1. The summed E-state index contributed by atoms with van der Waals surface area (Å²) in [4.78, 5) is 5.31. The third-order valence-corrected chi connectivity index (χ3v) is 2.15. The summed E-state index contributed by atoms with van der Waals surface area (Å²) >= 11 is 0. The Morgan fingerprint density at radius 2 is 2.07 bits per heavy atom. The van der Waals surface area contributed by atoms with E-state index in [0.29, 0.717) is 6.54 Å². The summed E-state index contributed by atoms with van der Waals surface area (Å²) < 4.78 is 26.1. The highest BCUT2D eigenvalue weighted by Crippen LogP contribution is 2.19. The average Bonchev–Trinajstić information content (AvgIpc) is 2.20. The Balaban J connectivity index is 2.88. The molecule has 0 bridgehead atoms. The largest absolute Gasteiger partial charge is 0.381 e. The van der Waals surface area contributed by atoms with Crippen LogP contribution in [0.1, 0.15) is 19.8 Å². The van der Waals surface area contributed by atoms with Crippen LogP contribution in [0.4, 0.5) is 20.4 Å². The van der Waals surface area contributed by atoms with Gasteiger partial charge in [0, 0.05) is 19.7 Å². The molecule has 0 fully saturated rings. The number of halogens is 2. The van der Waals surface area contributed by atoms with Crippen molar-refractivity contribution in [2.24, 2.45) is 0 Å². The molecule has 0 atom stereocenters. The van der Waals surface area contributed by atoms with Crippen molar-refractivity contribution in [1.82, 2.24) is 4.98 Å². The van der Waals surface area contributed by atoms with Crippen LogP contribution in [0.3, 0.4) is 0 Å². The lowest BCUT2D eigenvalue weighted by Gasteiger charge is -2.18. The first-order valence-electron chi connectivity index (χ1n) is 4.89. The van der Waals surface area contributed by atoms with Crippen molar-refractivity contribution in [2.75, 3.05) is 24.2 Å². The highest BCUT2D eigenvalue weighted by atomic mass is 19.1. The van der Waals surface area contributed by atoms with Gasteiger partial charge in [-0.3, -0.25) is 0 Å². The summed E-state index contributed by atoms with van der Waals surface area (Å²) in [6, 6.07) is 0.764. The molecule has 0 spiro atoms. The van der Waals surface area contributed by atoms with Crippen LogP contribution in [0.5, 0.6) is 0 Å². The highest BCUT2D eigenvalue weighted by Gasteiger charge is 2.12. The van der Waals surface area contributed by atoms with Crippen molar-refractivity contribution < 1.29 is 8.78 Å². The average molecular weight is 215 g/mol. The van der Waals surface area contributed by atoms with E-state index >= 15 is 0 Å². The van der Waals surface area contributed by atoms with Crippen molar-refractivity contribution in [1.29, 1.82) is 0 Å². The van der Waals surface area contributed by atoms with Gasteiger partial charge in [0.15, 0.2) is 23.3 Å². The number of aromatic nitrogens is 1. The van der Waals surface area contributed by atoms with E-state index in [1.807, 2.05) is 6.92 Å². The molecule has 3 nitrogen and oxygen atoms in total. The molecule has 0 radical (unpaired) electrons. The molecule has 1 aromatic rings. The first-order valence-corrected chi connectivity index (χ1v) is 4.89. The van der Waals surface area contributed by atoms with Crippen LogP contribution < -0.4 is 10.6 Å². The maximum Gasteiger partial charge on any atom is 0.168 e. The third kappa shape index (κ3) is 2.78. The number of nitrogens with two attached hydrogens (primary N) is 1. The van der Waals surface area contributed by atoms with Gasteiger partial charge < -0.3 is 10.6 Å². The molecule has 0 aliphatic carbocycles. The minimum Gasteiger partial charge on any atom is -0.381 e. The molecule has 1 heterocycles. The van der Waals surface area contributed by atoms with Gasteiger partial charge in [0.05, 0.1) is 0 Å². The summed E-state index contributed by atoms with van der Waals surface area (Å²) in [5.41, 5.74) is 5.28. The Bertz CT molecular complexity index is 342. The number of hydrogen-bond acceptors (Lipinski definition) is 3. The van der Waals surface area contributed by atoms with E-state index in [2.05, 4.69) is 4.98 Å². The van der Waals surface area contributed by atoms with Gasteiger partial charge in [-0.25, -0.2) is 13.8 Å². The maximum atomic E-state index is 13.3. The Morgan fingerprint density at radius 3 is 2.67 bits per heavy atom. The van der Waals surface area contributed by atoms with Crippen LogP contribution in [0.2, 0.25) is 0 Å². The predicted molar refractivity (Wildman–Crippen MR) is 56.7 cm³/mol. The van der Waals surface area contributed by atoms with Crippen molar-refractivity contribution in [3.05, 3.63) is 17.7 Å². The van der Waals surface area contributed by atoms with Gasteiger partial charge in [-0.15, -0.1) is 0 Å². The number of pyridine rings is 1. The van der Waals surface area contributed by atoms with Crippen LogP contribution in [-0.4, -0.2) is 18.6 Å². The Labute approximate surface area is 87.9 Å². The molecule has 0 amide bonds. The molecular weight excluding hydrogens is 200 g/mol. The van der Waals surface area contributed by atoms with Gasteiger partial charge in [-0.1, -0.05) is 13.3 Å². The fraction of sp³-hybridized carbons (Fsp3) is 0.500. The quantitative estimate of drug-likeness (QED) is 0.837. The third-order valence-electron chi connectivity index (χ3n) is 2.15. The number of nitrogens with zero attached hydrogens (tertiary/aromatic N) is 2. The van der Waals surface area contributed by atoms with Gasteiger partial charge in [0.25, 0.3) is 0 Å². The van der Waals surface area contributed by atoms with Gasteiger partial charge in [-0.05, 0) is 6.42 Å². The van der Waals surface area contributed by atoms with Crippen molar-refractivity contribution in [3.63, 3.8) is 0 Å². The molecule has 1 rings (SSSR count). The van der Waals surface area contributed by atoms with Crippen LogP contribution in [-0.2, 0) is 0 Å². The first kappa shape index (κ1) is 11.7. The molecule has 2 N–H and O–H groups in total. The van der Waals surface area contributed by atoms with Crippen LogP contribution in [0.25, 0.3) is 0 Å². The van der Waals surface area contributed by atoms with Crippen molar-refractivity contribution >= 4 is 11.6 Å². The van der Waals surface area contributed by atoms with Crippen molar-refractivity contribution in [2.45, 2.75) is 19.8 Å². The smallest absolute Gasteiger partial charge is 0.168 e. The molecule has 0 aromatic carbocycles. The summed E-state index contributed by atoms with van der Waals surface area (Å²) in [6.45, 7) is 2.71. The first-order chi connectivity index (χ1) is 7.06. The molecule has 0 aliphatic heterocycles. The van der Waals surface area contributed by atoms with Gasteiger partial charge >= 0.3 is 0 Å². The summed E-state index contributed by atoms with van der Waals surface area (Å²) in [6.07, 6.45) is 1.93. The zero-order chi connectivity index (χ0) is 11.4. The molecule has 0 aliphatic rings. The van der Waals surface area contributed by atoms with Gasteiger partial charge in [-0.2, -0.15) is 0 Å². The normalized spacial score (nSPS) is 10.4. The van der Waals surface area contributed by atoms with Gasteiger partial charge in [0.1, 0.15) is 0 Å². The molecule has 0 unspecified atom stereocenters. The Morgan fingerprint density at radius 1 is 1.40 bits per heavy atom. The summed E-state index contributed by atoms with van der Waals surface area (Å²) in [7, 11) is 1.71. The second kappa shape index (κ2) is 4.91. The SMILES string of the molecule is CCCCN(C)c1nc(N)c(F)cc1F. The van der Waals surface area contributed by atoms with E-state index in [4.69, 9.17) is 5.73 Å². The molecule has 1 aromatic heterocycles. The zero-order valence-corrected chi connectivity index (χ0v) is 8.93. The Kier molecular flexibility index (Phi) is 3.82. The lowest BCUT2D eigenvalue weighted by atomic mass is 10.3. The fourth-order valence-electron chi connectivity index (χ4n) is 1.24. The molecule has 84 valence electrons. The van der Waals surface area contributed by atoms with E-state index in [1.165, 1.54) is 0 Å². The van der Waals surface area contributed by atoms with E-state index in [9.17, 15) is 8.78 Å². The van der Waals surface area contributed by atoms with Crippen molar-refractivity contribution in [3.8, 4) is 0 Å². The maximum absolute atomic E-state index is 13.3. The number of hydrogen-bond donors (Lipinski definition) is 1. The van der Waals surface area contributed by atoms with E-state index in [-0.39, 0.29) is 11.6 Å². The van der Waals surface area contributed by atoms with Crippen LogP contribution in [0.15, 0.2) is 6.07 Å². The molecule has 0 saturated heterocycles. The molecular formula is C10H15F2N3. The molecule has 0 saturated carbocycles. The second-order valence-electron chi connectivity index (χ2n) is 3.44.